The highest BCUT2D eigenvalue weighted by Gasteiger charge is 2.18. The average molecular weight is 348 g/mol. The Kier molecular flexibility index (Phi) is 5.58. The highest BCUT2D eigenvalue weighted by atomic mass is 35.5. The molecule has 2 aromatic rings. The molecule has 1 amide bonds. The maximum absolute atomic E-state index is 13.6. The van der Waals surface area contributed by atoms with Gasteiger partial charge in [-0.2, -0.15) is 0 Å². The monoisotopic (exact) mass is 347 g/mol. The molecule has 0 saturated carbocycles. The van der Waals surface area contributed by atoms with Crippen LogP contribution in [0.2, 0.25) is 9.36 Å². The van der Waals surface area contributed by atoms with Crippen LogP contribution in [-0.2, 0) is 4.74 Å². The van der Waals surface area contributed by atoms with Crippen LogP contribution in [0.5, 0.6) is 0 Å². The molecule has 1 unspecified atom stereocenters. The van der Waals surface area contributed by atoms with Gasteiger partial charge in [-0.1, -0.05) is 29.3 Å². The van der Waals surface area contributed by atoms with E-state index in [9.17, 15) is 9.18 Å². The fraction of sp³-hybridized carbons (Fsp3) is 0.214. The molecular formula is C14H12Cl2FNO2S. The smallest absolute Gasteiger partial charge is 0.255 e. The Bertz CT molecular complexity index is 627. The zero-order valence-corrected chi connectivity index (χ0v) is 13.4. The van der Waals surface area contributed by atoms with E-state index in [4.69, 9.17) is 27.9 Å². The molecule has 1 aromatic heterocycles. The van der Waals surface area contributed by atoms with Crippen molar-refractivity contribution in [3.63, 3.8) is 0 Å². The van der Waals surface area contributed by atoms with E-state index in [2.05, 4.69) is 5.32 Å². The Morgan fingerprint density at radius 2 is 2.14 bits per heavy atom. The van der Waals surface area contributed by atoms with E-state index in [0.29, 0.717) is 4.34 Å². The topological polar surface area (TPSA) is 38.3 Å². The van der Waals surface area contributed by atoms with Crippen molar-refractivity contribution in [3.8, 4) is 0 Å². The van der Waals surface area contributed by atoms with Gasteiger partial charge in [0.25, 0.3) is 5.91 Å². The van der Waals surface area contributed by atoms with Gasteiger partial charge < -0.3 is 10.1 Å². The van der Waals surface area contributed by atoms with E-state index in [1.54, 1.807) is 6.07 Å². The highest BCUT2D eigenvalue weighted by molar-refractivity contribution is 7.16. The van der Waals surface area contributed by atoms with E-state index in [-0.39, 0.29) is 23.2 Å². The van der Waals surface area contributed by atoms with E-state index in [1.807, 2.05) is 6.07 Å². The van der Waals surface area contributed by atoms with Crippen molar-refractivity contribution in [2.75, 3.05) is 13.7 Å². The number of methoxy groups -OCH3 is 1. The number of rotatable bonds is 5. The number of ether oxygens (including phenoxy) is 1. The second-order valence-corrected chi connectivity index (χ2v) is 6.33. The van der Waals surface area contributed by atoms with Gasteiger partial charge in [-0.25, -0.2) is 4.39 Å². The number of hydrogen-bond acceptors (Lipinski definition) is 3. The van der Waals surface area contributed by atoms with Crippen LogP contribution in [0.4, 0.5) is 4.39 Å². The lowest BCUT2D eigenvalue weighted by Crippen LogP contribution is -2.29. The van der Waals surface area contributed by atoms with Gasteiger partial charge in [-0.15, -0.1) is 11.3 Å². The van der Waals surface area contributed by atoms with Gasteiger partial charge >= 0.3 is 0 Å². The summed E-state index contributed by atoms with van der Waals surface area (Å²) in [6, 6.07) is 7.67. The summed E-state index contributed by atoms with van der Waals surface area (Å²) in [5.74, 6) is -1.24. The van der Waals surface area contributed by atoms with Gasteiger partial charge in [-0.05, 0) is 24.3 Å². The van der Waals surface area contributed by atoms with Crippen molar-refractivity contribution < 1.29 is 13.9 Å². The molecule has 7 heteroatoms. The molecule has 21 heavy (non-hydrogen) atoms. The van der Waals surface area contributed by atoms with Crippen LogP contribution in [0.25, 0.3) is 0 Å². The van der Waals surface area contributed by atoms with Gasteiger partial charge in [0.05, 0.1) is 14.9 Å². The SMILES string of the molecule is COC(CNC(=O)c1c(F)cccc1Cl)c1ccc(Cl)s1. The first-order chi connectivity index (χ1) is 10.0. The van der Waals surface area contributed by atoms with Crippen molar-refractivity contribution >= 4 is 40.4 Å². The molecule has 0 aliphatic heterocycles. The maximum atomic E-state index is 13.6. The second kappa shape index (κ2) is 7.22. The lowest BCUT2D eigenvalue weighted by molar-refractivity contribution is 0.0834. The molecule has 0 saturated heterocycles. The van der Waals surface area contributed by atoms with Gasteiger partial charge in [-0.3, -0.25) is 4.79 Å². The summed E-state index contributed by atoms with van der Waals surface area (Å²) in [6.07, 6.45) is -0.350. The predicted molar refractivity (Wildman–Crippen MR) is 82.8 cm³/mol. The van der Waals surface area contributed by atoms with Gasteiger partial charge in [0, 0.05) is 18.5 Å². The molecule has 0 spiro atoms. The molecule has 1 N–H and O–H groups in total. The minimum atomic E-state index is -0.659. The standard InChI is InChI=1S/C14H12Cl2FNO2S/c1-20-10(11-5-6-12(16)21-11)7-18-14(19)13-8(15)3-2-4-9(13)17/h2-6,10H,7H2,1H3,(H,18,19). The molecular weight excluding hydrogens is 336 g/mol. The van der Waals surface area contributed by atoms with Crippen LogP contribution in [0, 0.1) is 5.82 Å². The highest BCUT2D eigenvalue weighted by Crippen LogP contribution is 2.28. The lowest BCUT2D eigenvalue weighted by atomic mass is 10.2. The molecule has 0 radical (unpaired) electrons. The summed E-state index contributed by atoms with van der Waals surface area (Å²) >= 11 is 13.1. The largest absolute Gasteiger partial charge is 0.374 e. The molecule has 0 fully saturated rings. The van der Waals surface area contributed by atoms with E-state index in [1.165, 1.54) is 36.6 Å². The van der Waals surface area contributed by atoms with Crippen LogP contribution in [-0.4, -0.2) is 19.6 Å². The third-order valence-corrected chi connectivity index (χ3v) is 4.47. The molecule has 112 valence electrons. The average Bonchev–Trinajstić information content (AvgIpc) is 2.86. The number of benzene rings is 1. The van der Waals surface area contributed by atoms with Crippen molar-refractivity contribution in [2.24, 2.45) is 0 Å². The number of nitrogens with one attached hydrogen (secondary N) is 1. The van der Waals surface area contributed by atoms with E-state index >= 15 is 0 Å². The third kappa shape index (κ3) is 3.95. The predicted octanol–water partition coefficient (Wildman–Crippen LogP) is 4.31. The molecule has 2 rings (SSSR count). The summed E-state index contributed by atoms with van der Waals surface area (Å²) < 4.78 is 19.6. The van der Waals surface area contributed by atoms with E-state index < -0.39 is 11.7 Å². The molecule has 1 aromatic carbocycles. The maximum Gasteiger partial charge on any atom is 0.255 e. The number of amides is 1. The summed E-state index contributed by atoms with van der Waals surface area (Å²) in [7, 11) is 1.53. The number of carbonyl (C=O) groups excluding carboxylic acids is 1. The zero-order chi connectivity index (χ0) is 15.4. The summed E-state index contributed by atoms with van der Waals surface area (Å²) in [5.41, 5.74) is -0.168. The lowest BCUT2D eigenvalue weighted by Gasteiger charge is -2.15. The third-order valence-electron chi connectivity index (χ3n) is 2.83. The molecule has 3 nitrogen and oxygen atoms in total. The fourth-order valence-corrected chi connectivity index (χ4v) is 3.18. The van der Waals surface area contributed by atoms with Gasteiger partial charge in [0.15, 0.2) is 0 Å². The first kappa shape index (κ1) is 16.2. The Morgan fingerprint density at radius 3 is 2.71 bits per heavy atom. The van der Waals surface area contributed by atoms with Crippen LogP contribution in [0.3, 0.4) is 0 Å². The fourth-order valence-electron chi connectivity index (χ4n) is 1.79. The van der Waals surface area contributed by atoms with Gasteiger partial charge in [0.2, 0.25) is 0 Å². The number of carbonyl (C=O) groups is 1. The molecule has 0 bridgehead atoms. The van der Waals surface area contributed by atoms with Crippen LogP contribution in [0.15, 0.2) is 30.3 Å². The Morgan fingerprint density at radius 1 is 1.38 bits per heavy atom. The Balaban J connectivity index is 2.06. The summed E-state index contributed by atoms with van der Waals surface area (Å²) in [6.45, 7) is 0.191. The van der Waals surface area contributed by atoms with Crippen LogP contribution in [0.1, 0.15) is 21.3 Å². The minimum Gasteiger partial charge on any atom is -0.374 e. The molecule has 0 aliphatic rings. The number of halogens is 3. The first-order valence-corrected chi connectivity index (χ1v) is 7.60. The first-order valence-electron chi connectivity index (χ1n) is 6.03. The normalized spacial score (nSPS) is 12.2. The molecule has 0 aliphatic carbocycles. The van der Waals surface area contributed by atoms with Crippen LogP contribution < -0.4 is 5.32 Å². The minimum absolute atomic E-state index is 0.0700. The van der Waals surface area contributed by atoms with Crippen molar-refractivity contribution in [2.45, 2.75) is 6.10 Å². The number of thiophene rings is 1. The Hall–Kier alpha value is -1.14. The van der Waals surface area contributed by atoms with Crippen molar-refractivity contribution in [1.29, 1.82) is 0 Å². The van der Waals surface area contributed by atoms with Crippen LogP contribution >= 0.6 is 34.5 Å². The number of hydrogen-bond donors (Lipinski definition) is 1. The van der Waals surface area contributed by atoms with E-state index in [0.717, 1.165) is 4.88 Å². The molecule has 1 heterocycles. The molecule has 1 atom stereocenters. The second-order valence-electron chi connectivity index (χ2n) is 4.17. The quantitative estimate of drug-likeness (QED) is 0.874. The Labute approximate surface area is 135 Å². The zero-order valence-electron chi connectivity index (χ0n) is 11.0. The van der Waals surface area contributed by atoms with Crippen molar-refractivity contribution in [1.82, 2.24) is 5.32 Å². The van der Waals surface area contributed by atoms with Crippen molar-refractivity contribution in [3.05, 3.63) is 55.9 Å². The summed E-state index contributed by atoms with van der Waals surface area (Å²) in [4.78, 5) is 12.9. The van der Waals surface area contributed by atoms with Gasteiger partial charge in [0.1, 0.15) is 11.9 Å². The summed E-state index contributed by atoms with van der Waals surface area (Å²) in [5, 5.41) is 2.68.